The van der Waals surface area contributed by atoms with E-state index in [4.69, 9.17) is 4.74 Å². The lowest BCUT2D eigenvalue weighted by atomic mass is 10.0. The van der Waals surface area contributed by atoms with E-state index in [1.807, 2.05) is 6.92 Å². The molecule has 0 aromatic rings. The fourth-order valence-electron chi connectivity index (χ4n) is 3.35. The SMILES string of the molecule is CCCCC(OCCCCCCCCCCCCCC(C)C)C(C)O. The van der Waals surface area contributed by atoms with Gasteiger partial charge in [-0.1, -0.05) is 104 Å². The van der Waals surface area contributed by atoms with Crippen LogP contribution in [0.15, 0.2) is 0 Å². The van der Waals surface area contributed by atoms with Gasteiger partial charge >= 0.3 is 0 Å². The number of hydrogen-bond acceptors (Lipinski definition) is 2. The summed E-state index contributed by atoms with van der Waals surface area (Å²) in [4.78, 5) is 0. The summed E-state index contributed by atoms with van der Waals surface area (Å²) in [5.41, 5.74) is 0. The second-order valence-corrected chi connectivity index (χ2v) is 8.36. The van der Waals surface area contributed by atoms with Crippen LogP contribution in [0, 0.1) is 5.92 Å². The van der Waals surface area contributed by atoms with Crippen LogP contribution < -0.4 is 0 Å². The Bertz CT molecular complexity index is 250. The Balaban J connectivity index is 3.25. The van der Waals surface area contributed by atoms with Crippen LogP contribution in [0.4, 0.5) is 0 Å². The zero-order chi connectivity index (χ0) is 18.8. The minimum atomic E-state index is -0.336. The van der Waals surface area contributed by atoms with E-state index in [1.165, 1.54) is 77.0 Å². The minimum Gasteiger partial charge on any atom is -0.391 e. The van der Waals surface area contributed by atoms with Gasteiger partial charge < -0.3 is 9.84 Å². The summed E-state index contributed by atoms with van der Waals surface area (Å²) in [6.07, 6.45) is 19.5. The molecule has 0 bridgehead atoms. The van der Waals surface area contributed by atoms with E-state index in [9.17, 15) is 5.11 Å². The minimum absolute atomic E-state index is 0.0421. The Hall–Kier alpha value is -0.0800. The molecule has 2 nitrogen and oxygen atoms in total. The fraction of sp³-hybridized carbons (Fsp3) is 1.00. The van der Waals surface area contributed by atoms with Crippen molar-refractivity contribution < 1.29 is 9.84 Å². The van der Waals surface area contributed by atoms with Crippen LogP contribution >= 0.6 is 0 Å². The van der Waals surface area contributed by atoms with Crippen molar-refractivity contribution >= 4 is 0 Å². The van der Waals surface area contributed by atoms with Gasteiger partial charge in [0.2, 0.25) is 0 Å². The van der Waals surface area contributed by atoms with Gasteiger partial charge in [0.25, 0.3) is 0 Å². The molecule has 0 heterocycles. The van der Waals surface area contributed by atoms with Gasteiger partial charge in [0.05, 0.1) is 12.2 Å². The lowest BCUT2D eigenvalue weighted by Gasteiger charge is -2.20. The zero-order valence-corrected chi connectivity index (χ0v) is 17.9. The molecule has 2 atom stereocenters. The summed E-state index contributed by atoms with van der Waals surface area (Å²) in [5, 5.41) is 9.73. The van der Waals surface area contributed by atoms with E-state index in [1.54, 1.807) is 0 Å². The van der Waals surface area contributed by atoms with Gasteiger partial charge in [0, 0.05) is 6.61 Å². The molecule has 152 valence electrons. The third-order valence-corrected chi connectivity index (χ3v) is 5.14. The number of unbranched alkanes of at least 4 members (excludes halogenated alkanes) is 11. The standard InChI is InChI=1S/C23H48O2/c1-5-6-19-23(22(4)24)25-20-17-15-13-11-9-7-8-10-12-14-16-18-21(2)3/h21-24H,5-20H2,1-4H3. The summed E-state index contributed by atoms with van der Waals surface area (Å²) in [6.45, 7) is 9.50. The summed E-state index contributed by atoms with van der Waals surface area (Å²) in [5.74, 6) is 0.875. The summed E-state index contributed by atoms with van der Waals surface area (Å²) in [6, 6.07) is 0. The van der Waals surface area contributed by atoms with Crippen molar-refractivity contribution in [1.29, 1.82) is 0 Å². The Morgan fingerprint density at radius 2 is 1.12 bits per heavy atom. The molecule has 25 heavy (non-hydrogen) atoms. The maximum Gasteiger partial charge on any atom is 0.0831 e. The molecule has 0 aliphatic heterocycles. The molecule has 0 amide bonds. The third-order valence-electron chi connectivity index (χ3n) is 5.14. The Morgan fingerprint density at radius 1 is 0.640 bits per heavy atom. The predicted molar refractivity (Wildman–Crippen MR) is 111 cm³/mol. The predicted octanol–water partition coefficient (Wildman–Crippen LogP) is 7.28. The van der Waals surface area contributed by atoms with Crippen LogP contribution in [0.1, 0.15) is 124 Å². The van der Waals surface area contributed by atoms with Crippen LogP contribution in [0.2, 0.25) is 0 Å². The zero-order valence-electron chi connectivity index (χ0n) is 17.9. The van der Waals surface area contributed by atoms with E-state index in [0.717, 1.165) is 31.8 Å². The molecule has 0 saturated carbocycles. The number of aliphatic hydroxyl groups is 1. The maximum absolute atomic E-state index is 9.73. The third kappa shape index (κ3) is 18.5. The van der Waals surface area contributed by atoms with Gasteiger partial charge in [0.15, 0.2) is 0 Å². The number of rotatable bonds is 19. The number of hydrogen-bond donors (Lipinski definition) is 1. The average Bonchev–Trinajstić information content (AvgIpc) is 2.57. The summed E-state index contributed by atoms with van der Waals surface area (Å²) >= 11 is 0. The van der Waals surface area contributed by atoms with Crippen molar-refractivity contribution in [2.45, 2.75) is 136 Å². The first-order valence-electron chi connectivity index (χ1n) is 11.4. The van der Waals surface area contributed by atoms with Crippen molar-refractivity contribution in [2.75, 3.05) is 6.61 Å². The van der Waals surface area contributed by atoms with Crippen LogP contribution in [0.3, 0.4) is 0 Å². The van der Waals surface area contributed by atoms with E-state index in [0.29, 0.717) is 0 Å². The topological polar surface area (TPSA) is 29.5 Å². The lowest BCUT2D eigenvalue weighted by Crippen LogP contribution is -2.26. The first-order chi connectivity index (χ1) is 12.1. The van der Waals surface area contributed by atoms with Crippen LogP contribution in [-0.2, 0) is 4.74 Å². The fourth-order valence-corrected chi connectivity index (χ4v) is 3.35. The first kappa shape index (κ1) is 24.9. The lowest BCUT2D eigenvalue weighted by molar-refractivity contribution is -0.0356. The molecule has 2 unspecified atom stereocenters. The largest absolute Gasteiger partial charge is 0.391 e. The Labute approximate surface area is 159 Å². The molecule has 0 saturated heterocycles. The van der Waals surface area contributed by atoms with Crippen molar-refractivity contribution in [1.82, 2.24) is 0 Å². The van der Waals surface area contributed by atoms with Crippen molar-refractivity contribution in [3.05, 3.63) is 0 Å². The second kappa shape index (κ2) is 18.7. The molecule has 2 heteroatoms. The van der Waals surface area contributed by atoms with E-state index < -0.39 is 0 Å². The van der Waals surface area contributed by atoms with Gasteiger partial charge in [-0.3, -0.25) is 0 Å². The number of ether oxygens (including phenoxy) is 1. The van der Waals surface area contributed by atoms with E-state index in [2.05, 4.69) is 20.8 Å². The highest BCUT2D eigenvalue weighted by atomic mass is 16.5. The van der Waals surface area contributed by atoms with Crippen molar-refractivity contribution in [3.8, 4) is 0 Å². The van der Waals surface area contributed by atoms with Crippen LogP contribution in [-0.4, -0.2) is 23.9 Å². The highest BCUT2D eigenvalue weighted by Crippen LogP contribution is 2.14. The van der Waals surface area contributed by atoms with Crippen LogP contribution in [0.25, 0.3) is 0 Å². The van der Waals surface area contributed by atoms with E-state index in [-0.39, 0.29) is 12.2 Å². The Kier molecular flexibility index (Phi) is 18.6. The molecule has 1 N–H and O–H groups in total. The van der Waals surface area contributed by atoms with Crippen molar-refractivity contribution in [2.24, 2.45) is 5.92 Å². The second-order valence-electron chi connectivity index (χ2n) is 8.36. The van der Waals surface area contributed by atoms with Gasteiger partial charge in [-0.05, 0) is 25.7 Å². The first-order valence-corrected chi connectivity index (χ1v) is 11.4. The highest BCUT2D eigenvalue weighted by Gasteiger charge is 2.14. The van der Waals surface area contributed by atoms with Gasteiger partial charge in [0.1, 0.15) is 0 Å². The van der Waals surface area contributed by atoms with Gasteiger partial charge in [-0.25, -0.2) is 0 Å². The monoisotopic (exact) mass is 356 g/mol. The smallest absolute Gasteiger partial charge is 0.0831 e. The molecule has 0 aromatic carbocycles. The molecule has 0 fully saturated rings. The molecule has 0 spiro atoms. The quantitative estimate of drug-likeness (QED) is 0.246. The molecular formula is C23H48O2. The maximum atomic E-state index is 9.73. The molecule has 0 rings (SSSR count). The average molecular weight is 357 g/mol. The molecular weight excluding hydrogens is 308 g/mol. The van der Waals surface area contributed by atoms with E-state index >= 15 is 0 Å². The van der Waals surface area contributed by atoms with Crippen LogP contribution in [0.5, 0.6) is 0 Å². The highest BCUT2D eigenvalue weighted by molar-refractivity contribution is 4.64. The summed E-state index contributed by atoms with van der Waals surface area (Å²) < 4.78 is 5.86. The Morgan fingerprint density at radius 3 is 1.56 bits per heavy atom. The summed E-state index contributed by atoms with van der Waals surface area (Å²) in [7, 11) is 0. The number of aliphatic hydroxyl groups excluding tert-OH is 1. The normalized spacial score (nSPS) is 14.2. The van der Waals surface area contributed by atoms with Gasteiger partial charge in [-0.2, -0.15) is 0 Å². The van der Waals surface area contributed by atoms with Gasteiger partial charge in [-0.15, -0.1) is 0 Å². The van der Waals surface area contributed by atoms with Crippen molar-refractivity contribution in [3.63, 3.8) is 0 Å². The molecule has 0 aromatic heterocycles. The molecule has 0 aliphatic rings. The molecule has 0 radical (unpaired) electrons. The molecule has 0 aliphatic carbocycles.